The van der Waals surface area contributed by atoms with E-state index in [9.17, 15) is 22.8 Å². The number of sulfonamides is 1. The maximum Gasteiger partial charge on any atom is 0.269 e. The molecule has 0 saturated heterocycles. The van der Waals surface area contributed by atoms with Gasteiger partial charge >= 0.3 is 0 Å². The van der Waals surface area contributed by atoms with Gasteiger partial charge in [0, 0.05) is 18.1 Å². The Balaban J connectivity index is 1.91. The van der Waals surface area contributed by atoms with Crippen LogP contribution in [-0.4, -0.2) is 54.5 Å². The molecule has 3 amide bonds. The molecule has 1 atom stereocenters. The third-order valence-electron chi connectivity index (χ3n) is 5.70. The van der Waals surface area contributed by atoms with E-state index in [0.29, 0.717) is 27.9 Å². The number of nitrogens with zero attached hydrogens (tertiary/aromatic N) is 2. The molecule has 0 fully saturated rings. The van der Waals surface area contributed by atoms with Crippen LogP contribution in [0.25, 0.3) is 0 Å². The number of carbonyl (C=O) groups is 3. The van der Waals surface area contributed by atoms with Crippen molar-refractivity contribution in [1.29, 1.82) is 0 Å². The monoisotopic (exact) mass is 505 g/mol. The molecule has 1 aliphatic rings. The Hall–Kier alpha value is -2.91. The number of hydrogen-bond acceptors (Lipinski definition) is 5. The van der Waals surface area contributed by atoms with Crippen LogP contribution in [0.15, 0.2) is 53.4 Å². The predicted octanol–water partition coefficient (Wildman–Crippen LogP) is 3.21. The average Bonchev–Trinajstić information content (AvgIpc) is 3.01. The molecule has 0 spiro atoms. The number of unbranched alkanes of at least 4 members (excludes halogenated alkanes) is 1. The first kappa shape index (κ1) is 25.7. The maximum absolute atomic E-state index is 13.5. The lowest BCUT2D eigenvalue weighted by atomic mass is 10.1. The molecule has 34 heavy (non-hydrogen) atoms. The van der Waals surface area contributed by atoms with E-state index in [0.717, 1.165) is 12.8 Å². The van der Waals surface area contributed by atoms with Crippen molar-refractivity contribution in [2.45, 2.75) is 50.6 Å². The van der Waals surface area contributed by atoms with Crippen molar-refractivity contribution in [2.75, 3.05) is 13.1 Å². The highest BCUT2D eigenvalue weighted by atomic mass is 35.5. The smallest absolute Gasteiger partial charge is 0.269 e. The number of carbonyl (C=O) groups excluding carboxylic acids is 3. The van der Waals surface area contributed by atoms with E-state index in [4.69, 9.17) is 11.6 Å². The summed E-state index contributed by atoms with van der Waals surface area (Å²) in [6.45, 7) is 3.52. The fourth-order valence-electron chi connectivity index (χ4n) is 3.84. The minimum Gasteiger partial charge on any atom is -0.354 e. The quantitative estimate of drug-likeness (QED) is 0.499. The number of rotatable bonds is 10. The van der Waals surface area contributed by atoms with Gasteiger partial charge in [-0.25, -0.2) is 12.7 Å². The summed E-state index contributed by atoms with van der Waals surface area (Å²) >= 11 is 6.30. The van der Waals surface area contributed by atoms with Crippen LogP contribution in [-0.2, 0) is 26.2 Å². The zero-order valence-corrected chi connectivity index (χ0v) is 20.7. The number of hydrogen-bond donors (Lipinski definition) is 1. The van der Waals surface area contributed by atoms with Crippen LogP contribution < -0.4 is 5.32 Å². The highest BCUT2D eigenvalue weighted by molar-refractivity contribution is 7.90. The predicted molar refractivity (Wildman–Crippen MR) is 129 cm³/mol. The molecular weight excluding hydrogens is 478 g/mol. The van der Waals surface area contributed by atoms with Crippen molar-refractivity contribution < 1.29 is 22.8 Å². The van der Waals surface area contributed by atoms with Gasteiger partial charge in [-0.1, -0.05) is 62.2 Å². The summed E-state index contributed by atoms with van der Waals surface area (Å²) in [4.78, 5) is 40.4. The van der Waals surface area contributed by atoms with Crippen molar-refractivity contribution in [3.05, 3.63) is 64.7 Å². The largest absolute Gasteiger partial charge is 0.354 e. The SMILES string of the molecule is CCCCNC(=O)[C@@H](CC)N(Cc1ccccc1Cl)C(=O)CN1C(=O)c2ccccc2S1(=O)=O. The Morgan fingerprint density at radius 3 is 2.41 bits per heavy atom. The second-order valence-electron chi connectivity index (χ2n) is 7.99. The third kappa shape index (κ3) is 5.26. The number of fused-ring (bicyclic) bond motifs is 1. The standard InChI is InChI=1S/C24H28ClN3O5S/c1-3-5-14-26-23(30)20(4-2)27(15-17-10-6-8-12-19(17)25)22(29)16-28-24(31)18-11-7-9-13-21(18)34(28,32)33/h6-13,20H,3-5,14-16H2,1-2H3,(H,26,30)/t20-/m1/s1. The van der Waals surface area contributed by atoms with Crippen molar-refractivity contribution in [1.82, 2.24) is 14.5 Å². The molecule has 10 heteroatoms. The average molecular weight is 506 g/mol. The highest BCUT2D eigenvalue weighted by Crippen LogP contribution is 2.30. The lowest BCUT2D eigenvalue weighted by molar-refractivity contribution is -0.141. The summed E-state index contributed by atoms with van der Waals surface area (Å²) in [5.41, 5.74) is 0.633. The first-order valence-corrected chi connectivity index (χ1v) is 13.0. The van der Waals surface area contributed by atoms with E-state index in [-0.39, 0.29) is 22.9 Å². The molecule has 1 heterocycles. The topological polar surface area (TPSA) is 104 Å². The van der Waals surface area contributed by atoms with Crippen molar-refractivity contribution >= 4 is 39.3 Å². The Morgan fingerprint density at radius 2 is 1.76 bits per heavy atom. The summed E-state index contributed by atoms with van der Waals surface area (Å²) in [5, 5.41) is 3.25. The third-order valence-corrected chi connectivity index (χ3v) is 7.86. The van der Waals surface area contributed by atoms with E-state index < -0.39 is 34.4 Å². The fourth-order valence-corrected chi connectivity index (χ4v) is 5.55. The second kappa shape index (κ2) is 11.0. The van der Waals surface area contributed by atoms with Crippen LogP contribution in [0, 0.1) is 0 Å². The van der Waals surface area contributed by atoms with Crippen LogP contribution in [0.1, 0.15) is 49.0 Å². The van der Waals surface area contributed by atoms with Crippen molar-refractivity contribution in [3.63, 3.8) is 0 Å². The first-order valence-electron chi connectivity index (χ1n) is 11.2. The molecule has 2 aromatic carbocycles. The second-order valence-corrected chi connectivity index (χ2v) is 10.2. The summed E-state index contributed by atoms with van der Waals surface area (Å²) in [7, 11) is -4.17. The van der Waals surface area contributed by atoms with Crippen LogP contribution in [0.3, 0.4) is 0 Å². The molecule has 0 aliphatic carbocycles. The summed E-state index contributed by atoms with van der Waals surface area (Å²) in [6.07, 6.45) is 1.99. The first-order chi connectivity index (χ1) is 16.2. The van der Waals surface area contributed by atoms with Crippen molar-refractivity contribution in [3.8, 4) is 0 Å². The van der Waals surface area contributed by atoms with Gasteiger partial charge in [0.2, 0.25) is 11.8 Å². The molecule has 1 N–H and O–H groups in total. The molecule has 182 valence electrons. The number of benzene rings is 2. The van der Waals surface area contributed by atoms with Gasteiger partial charge in [-0.3, -0.25) is 14.4 Å². The summed E-state index contributed by atoms with van der Waals surface area (Å²) in [6, 6.07) is 11.9. The summed E-state index contributed by atoms with van der Waals surface area (Å²) in [5.74, 6) is -1.76. The molecule has 2 aromatic rings. The zero-order valence-electron chi connectivity index (χ0n) is 19.2. The summed E-state index contributed by atoms with van der Waals surface area (Å²) < 4.78 is 26.5. The minimum atomic E-state index is -4.17. The lowest BCUT2D eigenvalue weighted by Crippen LogP contribution is -2.52. The molecule has 0 radical (unpaired) electrons. The van der Waals surface area contributed by atoms with E-state index in [1.54, 1.807) is 37.3 Å². The molecule has 8 nitrogen and oxygen atoms in total. The van der Waals surface area contributed by atoms with Crippen LogP contribution in [0.4, 0.5) is 0 Å². The molecule has 0 bridgehead atoms. The van der Waals surface area contributed by atoms with Crippen LogP contribution in [0.5, 0.6) is 0 Å². The fraction of sp³-hybridized carbons (Fsp3) is 0.375. The molecule has 3 rings (SSSR count). The van der Waals surface area contributed by atoms with E-state index in [2.05, 4.69) is 5.32 Å². The van der Waals surface area contributed by atoms with Gasteiger partial charge in [0.15, 0.2) is 0 Å². The zero-order chi connectivity index (χ0) is 24.9. The van der Waals surface area contributed by atoms with Gasteiger partial charge in [-0.15, -0.1) is 0 Å². The van der Waals surface area contributed by atoms with Gasteiger partial charge in [0.1, 0.15) is 17.5 Å². The Labute approximate surface area is 204 Å². The molecule has 1 aliphatic heterocycles. The number of halogens is 1. The van der Waals surface area contributed by atoms with E-state index in [1.807, 2.05) is 6.92 Å². The molecule has 0 aromatic heterocycles. The van der Waals surface area contributed by atoms with Gasteiger partial charge < -0.3 is 10.2 Å². The van der Waals surface area contributed by atoms with Crippen molar-refractivity contribution in [2.24, 2.45) is 0 Å². The van der Waals surface area contributed by atoms with Gasteiger partial charge in [-0.2, -0.15) is 0 Å². The number of amides is 3. The maximum atomic E-state index is 13.5. The van der Waals surface area contributed by atoms with Gasteiger partial charge in [-0.05, 0) is 36.6 Å². The van der Waals surface area contributed by atoms with E-state index >= 15 is 0 Å². The molecular formula is C24H28ClN3O5S. The van der Waals surface area contributed by atoms with Crippen LogP contribution in [0.2, 0.25) is 5.02 Å². The Morgan fingerprint density at radius 1 is 1.09 bits per heavy atom. The number of nitrogens with one attached hydrogen (secondary N) is 1. The van der Waals surface area contributed by atoms with Gasteiger partial charge in [0.05, 0.1) is 5.56 Å². The lowest BCUT2D eigenvalue weighted by Gasteiger charge is -2.32. The Bertz CT molecular complexity index is 1180. The normalized spacial score (nSPS) is 15.0. The highest BCUT2D eigenvalue weighted by Gasteiger charge is 2.43. The van der Waals surface area contributed by atoms with E-state index in [1.165, 1.54) is 23.1 Å². The van der Waals surface area contributed by atoms with Gasteiger partial charge in [0.25, 0.3) is 15.9 Å². The minimum absolute atomic E-state index is 0.00671. The molecule has 0 unspecified atom stereocenters. The van der Waals surface area contributed by atoms with Crippen LogP contribution >= 0.6 is 11.6 Å². The Kier molecular flexibility index (Phi) is 8.33. The molecule has 0 saturated carbocycles.